The summed E-state index contributed by atoms with van der Waals surface area (Å²) in [5, 5.41) is 3.88. The number of fused-ring (bicyclic) bond motifs is 1. The van der Waals surface area contributed by atoms with Crippen LogP contribution in [0, 0.1) is 24.2 Å². The van der Waals surface area contributed by atoms with Crippen molar-refractivity contribution >= 4 is 40.9 Å². The lowest BCUT2D eigenvalue weighted by molar-refractivity contribution is -0.115. The maximum atomic E-state index is 11.7. The summed E-state index contributed by atoms with van der Waals surface area (Å²) in [6.07, 6.45) is 6.30. The standard InChI is InChI=1S/C28H30ClN7OS/c1-3-32-22(37)7-5-18-4-6-19-15-28(25(30)20(19)14-18)9-12-36(13-10-28)27-17(2)35-23(16-34-27)38-21-8-11-33-26(31)24(21)29/h4,6,8,11,14,16,25H,3,9-10,12-13,15,30H2,1-2H3,(H2,31,33)(H,32,37)/t25-/m1/s1. The van der Waals surface area contributed by atoms with Crippen molar-refractivity contribution in [1.29, 1.82) is 0 Å². The first-order valence-electron chi connectivity index (χ1n) is 12.6. The first-order chi connectivity index (χ1) is 18.3. The fourth-order valence-corrected chi connectivity index (χ4v) is 6.44. The minimum Gasteiger partial charge on any atom is -0.382 e. The van der Waals surface area contributed by atoms with Gasteiger partial charge in [0.1, 0.15) is 16.7 Å². The minimum atomic E-state index is -0.267. The third-order valence-electron chi connectivity index (χ3n) is 7.39. The number of aromatic nitrogens is 3. The molecule has 2 aromatic heterocycles. The molecule has 1 aromatic carbocycles. The van der Waals surface area contributed by atoms with E-state index in [1.807, 2.05) is 26.0 Å². The number of anilines is 2. The number of benzene rings is 1. The van der Waals surface area contributed by atoms with E-state index in [4.69, 9.17) is 33.0 Å². The number of hydrogen-bond donors (Lipinski definition) is 3. The van der Waals surface area contributed by atoms with Gasteiger partial charge in [0.15, 0.2) is 0 Å². The summed E-state index contributed by atoms with van der Waals surface area (Å²) in [6.45, 7) is 6.14. The first kappa shape index (κ1) is 26.3. The smallest absolute Gasteiger partial charge is 0.296 e. The number of carbonyl (C=O) groups is 1. The van der Waals surface area contributed by atoms with Gasteiger partial charge in [-0.15, -0.1) is 0 Å². The van der Waals surface area contributed by atoms with E-state index in [9.17, 15) is 4.79 Å². The minimum absolute atomic E-state index is 0.0135. The lowest BCUT2D eigenvalue weighted by Crippen LogP contribution is -2.44. The van der Waals surface area contributed by atoms with Crippen LogP contribution in [0.1, 0.15) is 48.2 Å². The maximum Gasteiger partial charge on any atom is 0.296 e. The Hall–Kier alpha value is -3.32. The molecule has 1 atom stereocenters. The molecule has 3 heterocycles. The van der Waals surface area contributed by atoms with Gasteiger partial charge in [-0.25, -0.2) is 15.0 Å². The van der Waals surface area contributed by atoms with Crippen LogP contribution in [0.2, 0.25) is 5.02 Å². The number of piperidine rings is 1. The number of nitrogens with zero attached hydrogens (tertiary/aromatic N) is 4. The number of nitrogen functional groups attached to an aromatic ring is 1. The summed E-state index contributed by atoms with van der Waals surface area (Å²) in [6, 6.07) is 7.92. The highest BCUT2D eigenvalue weighted by Crippen LogP contribution is 2.51. The summed E-state index contributed by atoms with van der Waals surface area (Å²) >= 11 is 7.71. The van der Waals surface area contributed by atoms with Crippen LogP contribution in [0.4, 0.5) is 11.6 Å². The predicted octanol–water partition coefficient (Wildman–Crippen LogP) is 3.90. The topological polar surface area (TPSA) is 123 Å². The van der Waals surface area contributed by atoms with Crippen LogP contribution in [0.3, 0.4) is 0 Å². The van der Waals surface area contributed by atoms with E-state index in [-0.39, 0.29) is 17.4 Å². The van der Waals surface area contributed by atoms with Crippen LogP contribution in [0.25, 0.3) is 0 Å². The Morgan fingerprint density at radius 2 is 2.08 bits per heavy atom. The van der Waals surface area contributed by atoms with Gasteiger partial charge in [-0.05, 0) is 67.9 Å². The molecular weight excluding hydrogens is 518 g/mol. The molecule has 3 aromatic rings. The van der Waals surface area contributed by atoms with Crippen LogP contribution in [0.15, 0.2) is 46.6 Å². The Morgan fingerprint density at radius 3 is 2.82 bits per heavy atom. The molecule has 196 valence electrons. The van der Waals surface area contributed by atoms with Crippen molar-refractivity contribution in [3.05, 3.63) is 64.1 Å². The molecule has 0 unspecified atom stereocenters. The Kier molecular flexibility index (Phi) is 7.48. The average molecular weight is 548 g/mol. The van der Waals surface area contributed by atoms with E-state index in [0.29, 0.717) is 17.4 Å². The van der Waals surface area contributed by atoms with Crippen LogP contribution in [-0.2, 0) is 11.2 Å². The van der Waals surface area contributed by atoms with Gasteiger partial charge in [0, 0.05) is 48.3 Å². The Labute approximate surface area is 232 Å². The van der Waals surface area contributed by atoms with Crippen molar-refractivity contribution in [2.45, 2.75) is 49.1 Å². The molecule has 0 radical (unpaired) electrons. The highest BCUT2D eigenvalue weighted by molar-refractivity contribution is 7.99. The molecular formula is C28H30ClN7OS. The van der Waals surface area contributed by atoms with Crippen molar-refractivity contribution in [2.24, 2.45) is 11.1 Å². The highest BCUT2D eigenvalue weighted by atomic mass is 35.5. The van der Waals surface area contributed by atoms with E-state index in [2.05, 4.69) is 39.2 Å². The fraction of sp³-hybridized carbons (Fsp3) is 0.357. The average Bonchev–Trinajstić information content (AvgIpc) is 3.17. The molecule has 1 saturated heterocycles. The number of nitrogens with two attached hydrogens (primary N) is 2. The van der Waals surface area contributed by atoms with Crippen molar-refractivity contribution in [2.75, 3.05) is 30.3 Å². The number of nitrogens with one attached hydrogen (secondary N) is 1. The zero-order valence-electron chi connectivity index (χ0n) is 21.4. The zero-order valence-corrected chi connectivity index (χ0v) is 23.0. The molecule has 1 aliphatic heterocycles. The SMILES string of the molecule is CCNC(=O)C#Cc1ccc2c(c1)[C@@H](N)C1(CCN(c3ncc(Sc4ccnc(N)c4Cl)nc3C)CC1)C2. The van der Waals surface area contributed by atoms with Gasteiger partial charge in [0.25, 0.3) is 5.91 Å². The molecule has 5 N–H and O–H groups in total. The third kappa shape index (κ3) is 5.17. The second-order valence-corrected chi connectivity index (χ2v) is 11.2. The molecule has 10 heteroatoms. The first-order valence-corrected chi connectivity index (χ1v) is 13.8. The summed E-state index contributed by atoms with van der Waals surface area (Å²) in [5.41, 5.74) is 16.8. The third-order valence-corrected chi connectivity index (χ3v) is 8.87. The van der Waals surface area contributed by atoms with Crippen molar-refractivity contribution in [3.63, 3.8) is 0 Å². The van der Waals surface area contributed by atoms with Gasteiger partial charge < -0.3 is 21.7 Å². The van der Waals surface area contributed by atoms with Crippen LogP contribution in [0.5, 0.6) is 0 Å². The molecule has 1 spiro atoms. The second-order valence-electron chi connectivity index (χ2n) is 9.75. The quantitative estimate of drug-likeness (QED) is 0.420. The normalized spacial score (nSPS) is 17.6. The van der Waals surface area contributed by atoms with Gasteiger partial charge >= 0.3 is 0 Å². The maximum absolute atomic E-state index is 11.7. The predicted molar refractivity (Wildman–Crippen MR) is 151 cm³/mol. The molecule has 1 aliphatic carbocycles. The number of hydrogen-bond acceptors (Lipinski definition) is 8. The number of halogens is 1. The number of amides is 1. The van der Waals surface area contributed by atoms with Crippen molar-refractivity contribution in [1.82, 2.24) is 20.3 Å². The van der Waals surface area contributed by atoms with Crippen molar-refractivity contribution in [3.8, 4) is 11.8 Å². The van der Waals surface area contributed by atoms with Crippen LogP contribution in [-0.4, -0.2) is 40.5 Å². The Morgan fingerprint density at radius 1 is 1.29 bits per heavy atom. The van der Waals surface area contributed by atoms with Gasteiger partial charge in [0.2, 0.25) is 0 Å². The Balaban J connectivity index is 1.26. The van der Waals surface area contributed by atoms with Crippen LogP contribution < -0.4 is 21.7 Å². The fourth-order valence-electron chi connectivity index (χ4n) is 5.37. The summed E-state index contributed by atoms with van der Waals surface area (Å²) in [4.78, 5) is 28.4. The van der Waals surface area contributed by atoms with E-state index in [1.165, 1.54) is 17.3 Å². The largest absolute Gasteiger partial charge is 0.382 e. The summed E-state index contributed by atoms with van der Waals surface area (Å²) in [7, 11) is 0. The summed E-state index contributed by atoms with van der Waals surface area (Å²) < 4.78 is 0. The molecule has 1 fully saturated rings. The van der Waals surface area contributed by atoms with E-state index >= 15 is 0 Å². The van der Waals surface area contributed by atoms with Gasteiger partial charge in [-0.3, -0.25) is 4.79 Å². The molecule has 38 heavy (non-hydrogen) atoms. The molecule has 0 saturated carbocycles. The van der Waals surface area contributed by atoms with E-state index < -0.39 is 0 Å². The van der Waals surface area contributed by atoms with Crippen molar-refractivity contribution < 1.29 is 4.79 Å². The van der Waals surface area contributed by atoms with Crippen LogP contribution >= 0.6 is 23.4 Å². The van der Waals surface area contributed by atoms with Gasteiger partial charge in [-0.2, -0.15) is 0 Å². The molecule has 1 amide bonds. The Bertz CT molecular complexity index is 1440. The van der Waals surface area contributed by atoms with Gasteiger partial charge in [0.05, 0.1) is 16.9 Å². The monoisotopic (exact) mass is 547 g/mol. The molecule has 8 nitrogen and oxygen atoms in total. The molecule has 2 aliphatic rings. The zero-order chi connectivity index (χ0) is 26.9. The number of rotatable bonds is 4. The second kappa shape index (κ2) is 10.8. The number of aryl methyl sites for hydroxylation is 1. The van der Waals surface area contributed by atoms with Gasteiger partial charge in [-0.1, -0.05) is 35.3 Å². The number of carbonyl (C=O) groups excluding carboxylic acids is 1. The lowest BCUT2D eigenvalue weighted by Gasteiger charge is -2.42. The molecule has 0 bridgehead atoms. The summed E-state index contributed by atoms with van der Waals surface area (Å²) in [5.74, 6) is 6.56. The lowest BCUT2D eigenvalue weighted by atomic mass is 9.73. The van der Waals surface area contributed by atoms with E-state index in [1.54, 1.807) is 12.4 Å². The van der Waals surface area contributed by atoms with E-state index in [0.717, 1.165) is 64.9 Å². The molecule has 5 rings (SSSR count). The number of pyridine rings is 1. The highest BCUT2D eigenvalue weighted by Gasteiger charge is 2.46.